The molecule has 0 N–H and O–H groups in total. The highest BCUT2D eigenvalue weighted by Gasteiger charge is 2.30. The highest BCUT2D eigenvalue weighted by molar-refractivity contribution is 5.09. The van der Waals surface area contributed by atoms with Crippen molar-refractivity contribution in [2.24, 2.45) is 0 Å². The molecular formula is C11H15NO. The fourth-order valence-corrected chi connectivity index (χ4v) is 1.75. The molecule has 0 aliphatic heterocycles. The molecule has 0 aromatic carbocycles. The molecule has 1 rings (SSSR count). The molecule has 1 aliphatic carbocycles. The van der Waals surface area contributed by atoms with Crippen LogP contribution < -0.4 is 0 Å². The Labute approximate surface area is 79.9 Å². The van der Waals surface area contributed by atoms with Gasteiger partial charge in [-0.1, -0.05) is 12.3 Å². The summed E-state index contributed by atoms with van der Waals surface area (Å²) in [6, 6.07) is 2.05. The molecule has 0 atom stereocenters. The van der Waals surface area contributed by atoms with Crippen LogP contribution in [0.3, 0.4) is 0 Å². The topological polar surface area (TPSA) is 33.0 Å². The number of hydrogen-bond donors (Lipinski definition) is 0. The lowest BCUT2D eigenvalue weighted by Crippen LogP contribution is -2.33. The van der Waals surface area contributed by atoms with Gasteiger partial charge in [0.2, 0.25) is 0 Å². The Kier molecular flexibility index (Phi) is 3.80. The number of nitriles is 1. The van der Waals surface area contributed by atoms with Gasteiger partial charge in [0, 0.05) is 0 Å². The van der Waals surface area contributed by atoms with Crippen LogP contribution in [-0.2, 0) is 4.74 Å². The average Bonchev–Trinajstić information content (AvgIpc) is 2.20. The lowest BCUT2D eigenvalue weighted by Gasteiger charge is -2.32. The third kappa shape index (κ3) is 2.76. The van der Waals surface area contributed by atoms with E-state index in [2.05, 4.69) is 12.0 Å². The lowest BCUT2D eigenvalue weighted by atomic mass is 9.85. The Bertz CT molecular complexity index is 227. The first-order valence-electron chi connectivity index (χ1n) is 4.82. The fraction of sp³-hybridized carbons (Fsp3) is 0.727. The molecule has 2 nitrogen and oxygen atoms in total. The number of hydrogen-bond acceptors (Lipinski definition) is 2. The quantitative estimate of drug-likeness (QED) is 0.489. The van der Waals surface area contributed by atoms with E-state index >= 15 is 0 Å². The predicted molar refractivity (Wildman–Crippen MR) is 50.8 cm³/mol. The summed E-state index contributed by atoms with van der Waals surface area (Å²) in [6.45, 7) is 0.473. The van der Waals surface area contributed by atoms with Crippen LogP contribution in [0.2, 0.25) is 0 Å². The summed E-state index contributed by atoms with van der Waals surface area (Å²) in [5.74, 6) is 2.74. The van der Waals surface area contributed by atoms with Gasteiger partial charge in [0.25, 0.3) is 0 Å². The SMILES string of the molecule is C#CC1(OCCC#N)CCCCC1. The van der Waals surface area contributed by atoms with Gasteiger partial charge in [0.1, 0.15) is 5.60 Å². The largest absolute Gasteiger partial charge is 0.361 e. The van der Waals surface area contributed by atoms with Crippen LogP contribution in [0.15, 0.2) is 0 Å². The molecule has 0 spiro atoms. The summed E-state index contributed by atoms with van der Waals surface area (Å²) in [5, 5.41) is 8.37. The van der Waals surface area contributed by atoms with Crippen LogP contribution in [0.4, 0.5) is 0 Å². The van der Waals surface area contributed by atoms with Gasteiger partial charge in [-0.3, -0.25) is 0 Å². The summed E-state index contributed by atoms with van der Waals surface area (Å²) in [7, 11) is 0. The molecule has 1 fully saturated rings. The van der Waals surface area contributed by atoms with Gasteiger partial charge >= 0.3 is 0 Å². The van der Waals surface area contributed by atoms with E-state index in [1.54, 1.807) is 0 Å². The van der Waals surface area contributed by atoms with E-state index in [-0.39, 0.29) is 5.60 Å². The van der Waals surface area contributed by atoms with E-state index in [4.69, 9.17) is 16.4 Å². The highest BCUT2D eigenvalue weighted by Crippen LogP contribution is 2.30. The van der Waals surface area contributed by atoms with Gasteiger partial charge < -0.3 is 4.74 Å². The molecule has 0 unspecified atom stereocenters. The Balaban J connectivity index is 2.40. The summed E-state index contributed by atoms with van der Waals surface area (Å²) >= 11 is 0. The molecule has 0 amide bonds. The summed E-state index contributed by atoms with van der Waals surface area (Å²) in [5.41, 5.74) is -0.352. The van der Waals surface area contributed by atoms with Gasteiger partial charge in [-0.05, 0) is 25.7 Å². The second-order valence-corrected chi connectivity index (χ2v) is 3.46. The third-order valence-electron chi connectivity index (χ3n) is 2.52. The first-order valence-corrected chi connectivity index (χ1v) is 4.82. The summed E-state index contributed by atoms with van der Waals surface area (Å²) < 4.78 is 5.60. The summed E-state index contributed by atoms with van der Waals surface area (Å²) in [6.07, 6.45) is 11.4. The molecule has 0 aromatic rings. The maximum Gasteiger partial charge on any atom is 0.128 e. The molecule has 0 heterocycles. The van der Waals surface area contributed by atoms with E-state index in [1.807, 2.05) is 0 Å². The molecule has 13 heavy (non-hydrogen) atoms. The van der Waals surface area contributed by atoms with E-state index < -0.39 is 0 Å². The zero-order valence-electron chi connectivity index (χ0n) is 7.88. The predicted octanol–water partition coefficient (Wildman–Crippen LogP) is 2.25. The molecule has 70 valence electrons. The van der Waals surface area contributed by atoms with E-state index in [0.717, 1.165) is 25.7 Å². The number of nitrogens with zero attached hydrogens (tertiary/aromatic N) is 1. The molecule has 0 bridgehead atoms. The van der Waals surface area contributed by atoms with Gasteiger partial charge in [0.15, 0.2) is 0 Å². The van der Waals surface area contributed by atoms with Crippen molar-refractivity contribution in [1.82, 2.24) is 0 Å². The number of ether oxygens (including phenoxy) is 1. The van der Waals surface area contributed by atoms with Crippen LogP contribution in [0, 0.1) is 23.7 Å². The normalized spacial score (nSPS) is 20.2. The van der Waals surface area contributed by atoms with Crippen molar-refractivity contribution in [3.05, 3.63) is 0 Å². The average molecular weight is 177 g/mol. The van der Waals surface area contributed by atoms with E-state index in [1.165, 1.54) is 6.42 Å². The smallest absolute Gasteiger partial charge is 0.128 e. The van der Waals surface area contributed by atoms with Gasteiger partial charge in [-0.25, -0.2) is 0 Å². The van der Waals surface area contributed by atoms with E-state index in [0.29, 0.717) is 13.0 Å². The standard InChI is InChI=1S/C11H15NO/c1-2-11(13-10-6-9-12)7-4-3-5-8-11/h1H,3-8,10H2. The molecule has 0 saturated heterocycles. The second kappa shape index (κ2) is 4.90. The lowest BCUT2D eigenvalue weighted by molar-refractivity contribution is -0.0230. The molecule has 0 radical (unpaired) electrons. The Morgan fingerprint density at radius 2 is 2.00 bits per heavy atom. The van der Waals surface area contributed by atoms with Crippen molar-refractivity contribution in [2.45, 2.75) is 44.1 Å². The van der Waals surface area contributed by atoms with Crippen molar-refractivity contribution in [1.29, 1.82) is 5.26 Å². The molecule has 0 aromatic heterocycles. The van der Waals surface area contributed by atoms with E-state index in [9.17, 15) is 0 Å². The first-order chi connectivity index (χ1) is 6.33. The van der Waals surface area contributed by atoms with Gasteiger partial charge in [0.05, 0.1) is 19.1 Å². The minimum absolute atomic E-state index is 0.352. The maximum absolute atomic E-state index is 8.37. The molecule has 2 heteroatoms. The third-order valence-corrected chi connectivity index (χ3v) is 2.52. The fourth-order valence-electron chi connectivity index (χ4n) is 1.75. The minimum Gasteiger partial charge on any atom is -0.361 e. The van der Waals surface area contributed by atoms with Crippen LogP contribution in [-0.4, -0.2) is 12.2 Å². The van der Waals surface area contributed by atoms with Crippen molar-refractivity contribution < 1.29 is 4.74 Å². The second-order valence-electron chi connectivity index (χ2n) is 3.46. The maximum atomic E-state index is 8.37. The van der Waals surface area contributed by atoms with Gasteiger partial charge in [-0.15, -0.1) is 6.42 Å². The van der Waals surface area contributed by atoms with Gasteiger partial charge in [-0.2, -0.15) is 5.26 Å². The monoisotopic (exact) mass is 177 g/mol. The first kappa shape index (κ1) is 10.1. The summed E-state index contributed by atoms with van der Waals surface area (Å²) in [4.78, 5) is 0. The zero-order valence-corrected chi connectivity index (χ0v) is 7.88. The van der Waals surface area contributed by atoms with Crippen LogP contribution >= 0.6 is 0 Å². The molecular weight excluding hydrogens is 162 g/mol. The van der Waals surface area contributed by atoms with Crippen molar-refractivity contribution >= 4 is 0 Å². The Morgan fingerprint density at radius 1 is 1.31 bits per heavy atom. The van der Waals surface area contributed by atoms with Crippen molar-refractivity contribution in [3.8, 4) is 18.4 Å². The zero-order chi connectivity index (χ0) is 9.57. The van der Waals surface area contributed by atoms with Crippen LogP contribution in [0.25, 0.3) is 0 Å². The Morgan fingerprint density at radius 3 is 2.54 bits per heavy atom. The van der Waals surface area contributed by atoms with Crippen molar-refractivity contribution in [2.75, 3.05) is 6.61 Å². The Hall–Kier alpha value is -0.990. The number of rotatable bonds is 3. The highest BCUT2D eigenvalue weighted by atomic mass is 16.5. The van der Waals surface area contributed by atoms with Crippen LogP contribution in [0.1, 0.15) is 38.5 Å². The van der Waals surface area contributed by atoms with Crippen molar-refractivity contribution in [3.63, 3.8) is 0 Å². The molecule has 1 saturated carbocycles. The number of terminal acetylenes is 1. The molecule has 1 aliphatic rings. The van der Waals surface area contributed by atoms with Crippen LogP contribution in [0.5, 0.6) is 0 Å². The minimum atomic E-state index is -0.352.